The molecule has 2 rings (SSSR count). The summed E-state index contributed by atoms with van der Waals surface area (Å²) in [6, 6.07) is 7.04. The van der Waals surface area contributed by atoms with Crippen molar-refractivity contribution in [1.29, 1.82) is 0 Å². The highest BCUT2D eigenvalue weighted by Gasteiger charge is 2.10. The largest absolute Gasteiger partial charge is 0.300 e. The number of carbonyl (C=O) groups is 2. The SMILES string of the molecule is O=C(SSC(=O)n1cccc1)n1cccc1. The van der Waals surface area contributed by atoms with Gasteiger partial charge in [0, 0.05) is 46.4 Å². The van der Waals surface area contributed by atoms with Crippen molar-refractivity contribution in [2.45, 2.75) is 0 Å². The van der Waals surface area contributed by atoms with Crippen LogP contribution in [-0.4, -0.2) is 19.6 Å². The third-order valence-corrected chi connectivity index (χ3v) is 3.71. The van der Waals surface area contributed by atoms with Crippen molar-refractivity contribution in [3.05, 3.63) is 49.1 Å². The van der Waals surface area contributed by atoms with Gasteiger partial charge in [-0.05, 0) is 24.3 Å². The van der Waals surface area contributed by atoms with Crippen LogP contribution in [-0.2, 0) is 0 Å². The lowest BCUT2D eigenvalue weighted by Gasteiger charge is -2.00. The lowest BCUT2D eigenvalue weighted by Crippen LogP contribution is -2.03. The molecule has 2 aromatic heterocycles. The second kappa shape index (κ2) is 5.09. The average molecular weight is 252 g/mol. The molecular formula is C10H8N2O2S2. The molecule has 0 unspecified atom stereocenters. The third-order valence-electron chi connectivity index (χ3n) is 1.81. The quantitative estimate of drug-likeness (QED) is 0.675. The van der Waals surface area contributed by atoms with E-state index in [2.05, 4.69) is 0 Å². The minimum absolute atomic E-state index is 0.185. The summed E-state index contributed by atoms with van der Waals surface area (Å²) in [5, 5.41) is -0.369. The molecule has 16 heavy (non-hydrogen) atoms. The molecule has 0 saturated carbocycles. The van der Waals surface area contributed by atoms with Gasteiger partial charge in [0.05, 0.1) is 0 Å². The second-order valence-electron chi connectivity index (χ2n) is 2.88. The van der Waals surface area contributed by atoms with E-state index in [0.29, 0.717) is 0 Å². The van der Waals surface area contributed by atoms with Crippen LogP contribution in [0.25, 0.3) is 0 Å². The Bertz CT molecular complexity index is 431. The van der Waals surface area contributed by atoms with Gasteiger partial charge in [-0.15, -0.1) is 0 Å². The van der Waals surface area contributed by atoms with Crippen molar-refractivity contribution >= 4 is 32.1 Å². The van der Waals surface area contributed by atoms with Crippen molar-refractivity contribution in [3.8, 4) is 0 Å². The highest BCUT2D eigenvalue weighted by atomic mass is 33.1. The van der Waals surface area contributed by atoms with Crippen LogP contribution in [0.3, 0.4) is 0 Å². The summed E-state index contributed by atoms with van der Waals surface area (Å²) >= 11 is 0. The molecule has 2 aromatic rings. The fraction of sp³-hybridized carbons (Fsp3) is 0. The van der Waals surface area contributed by atoms with Crippen LogP contribution in [0.2, 0.25) is 0 Å². The fourth-order valence-corrected chi connectivity index (χ4v) is 2.57. The summed E-state index contributed by atoms with van der Waals surface area (Å²) in [5.74, 6) is 0. The maximum absolute atomic E-state index is 11.5. The van der Waals surface area contributed by atoms with Crippen LogP contribution in [0.5, 0.6) is 0 Å². The second-order valence-corrected chi connectivity index (χ2v) is 4.91. The zero-order chi connectivity index (χ0) is 11.4. The van der Waals surface area contributed by atoms with E-state index in [-0.39, 0.29) is 10.5 Å². The molecule has 82 valence electrons. The van der Waals surface area contributed by atoms with Gasteiger partial charge in [0.1, 0.15) is 0 Å². The Morgan fingerprint density at radius 1 is 0.688 bits per heavy atom. The molecule has 0 spiro atoms. The topological polar surface area (TPSA) is 44.0 Å². The summed E-state index contributed by atoms with van der Waals surface area (Å²) in [4.78, 5) is 23.0. The molecular weight excluding hydrogens is 244 g/mol. The van der Waals surface area contributed by atoms with Crippen LogP contribution in [0.15, 0.2) is 49.1 Å². The van der Waals surface area contributed by atoms with E-state index < -0.39 is 0 Å². The summed E-state index contributed by atoms with van der Waals surface area (Å²) in [7, 11) is 1.82. The lowest BCUT2D eigenvalue weighted by atomic mass is 10.7. The maximum atomic E-state index is 11.5. The predicted octanol–water partition coefficient (Wildman–Crippen LogP) is 3.31. The molecule has 4 nitrogen and oxygen atoms in total. The lowest BCUT2D eigenvalue weighted by molar-refractivity contribution is 0.261. The predicted molar refractivity (Wildman–Crippen MR) is 65.6 cm³/mol. The minimum Gasteiger partial charge on any atom is -0.285 e. The number of hydrogen-bond acceptors (Lipinski definition) is 4. The zero-order valence-corrected chi connectivity index (χ0v) is 9.78. The highest BCUT2D eigenvalue weighted by Crippen LogP contribution is 2.26. The Balaban J connectivity index is 1.89. The minimum atomic E-state index is -0.185. The first-order valence-corrected chi connectivity index (χ1v) is 6.61. The number of hydrogen-bond donors (Lipinski definition) is 0. The Kier molecular flexibility index (Phi) is 3.53. The normalized spacial score (nSPS) is 10.2. The van der Waals surface area contributed by atoms with E-state index in [1.165, 1.54) is 9.13 Å². The van der Waals surface area contributed by atoms with Crippen LogP contribution in [0.4, 0.5) is 9.59 Å². The van der Waals surface area contributed by atoms with Gasteiger partial charge in [-0.25, -0.2) is 0 Å². The molecule has 0 aliphatic heterocycles. The summed E-state index contributed by atoms with van der Waals surface area (Å²) in [6.45, 7) is 0. The van der Waals surface area contributed by atoms with Crippen LogP contribution in [0, 0.1) is 0 Å². The fourth-order valence-electron chi connectivity index (χ4n) is 1.07. The Labute approximate surface area is 100 Å². The van der Waals surface area contributed by atoms with Gasteiger partial charge in [-0.2, -0.15) is 0 Å². The van der Waals surface area contributed by atoms with E-state index in [1.54, 1.807) is 49.1 Å². The van der Waals surface area contributed by atoms with Crippen molar-refractivity contribution < 1.29 is 9.59 Å². The van der Waals surface area contributed by atoms with Crippen molar-refractivity contribution in [2.75, 3.05) is 0 Å². The number of aromatic nitrogens is 2. The first-order valence-electron chi connectivity index (χ1n) is 4.46. The number of nitrogens with zero attached hydrogens (tertiary/aromatic N) is 2. The summed E-state index contributed by atoms with van der Waals surface area (Å²) in [5.41, 5.74) is 0. The van der Waals surface area contributed by atoms with Gasteiger partial charge in [0.2, 0.25) is 0 Å². The van der Waals surface area contributed by atoms with Gasteiger partial charge in [0.25, 0.3) is 0 Å². The monoisotopic (exact) mass is 252 g/mol. The molecule has 0 radical (unpaired) electrons. The standard InChI is InChI=1S/C10H8N2O2S2/c13-9(11-5-1-2-6-11)15-16-10(14)12-7-3-4-8-12/h1-8H. The Morgan fingerprint density at radius 3 is 1.31 bits per heavy atom. The van der Waals surface area contributed by atoms with Gasteiger partial charge in [-0.1, -0.05) is 0 Å². The third kappa shape index (κ3) is 2.59. The van der Waals surface area contributed by atoms with Gasteiger partial charge in [-0.3, -0.25) is 18.7 Å². The first kappa shape index (κ1) is 11.1. The van der Waals surface area contributed by atoms with E-state index in [1.807, 2.05) is 0 Å². The molecule has 2 heterocycles. The van der Waals surface area contributed by atoms with E-state index >= 15 is 0 Å². The molecule has 0 fully saturated rings. The zero-order valence-electron chi connectivity index (χ0n) is 8.15. The van der Waals surface area contributed by atoms with Gasteiger partial charge in [0.15, 0.2) is 0 Å². The molecule has 0 aromatic carbocycles. The molecule has 0 atom stereocenters. The molecule has 6 heteroatoms. The van der Waals surface area contributed by atoms with E-state index in [4.69, 9.17) is 0 Å². The van der Waals surface area contributed by atoms with E-state index in [9.17, 15) is 9.59 Å². The average Bonchev–Trinajstić information content (AvgIpc) is 2.95. The molecule has 0 saturated heterocycles. The summed E-state index contributed by atoms with van der Waals surface area (Å²) < 4.78 is 2.86. The van der Waals surface area contributed by atoms with Crippen LogP contribution in [0.1, 0.15) is 0 Å². The van der Waals surface area contributed by atoms with Crippen molar-refractivity contribution in [3.63, 3.8) is 0 Å². The first-order chi connectivity index (χ1) is 7.77. The van der Waals surface area contributed by atoms with Gasteiger partial charge >= 0.3 is 10.5 Å². The molecule has 0 bridgehead atoms. The number of carbonyl (C=O) groups excluding carboxylic acids is 2. The molecule has 0 aliphatic rings. The molecule has 0 amide bonds. The Morgan fingerprint density at radius 2 is 1.00 bits per heavy atom. The number of rotatable bonds is 0. The highest BCUT2D eigenvalue weighted by molar-refractivity contribution is 8.87. The van der Waals surface area contributed by atoms with Crippen LogP contribution >= 0.6 is 21.6 Å². The van der Waals surface area contributed by atoms with E-state index in [0.717, 1.165) is 21.6 Å². The van der Waals surface area contributed by atoms with Gasteiger partial charge < -0.3 is 0 Å². The molecule has 0 aliphatic carbocycles. The smallest absolute Gasteiger partial charge is 0.285 e. The Hall–Kier alpha value is -1.40. The van der Waals surface area contributed by atoms with Crippen LogP contribution < -0.4 is 0 Å². The van der Waals surface area contributed by atoms with Crippen molar-refractivity contribution in [1.82, 2.24) is 9.13 Å². The summed E-state index contributed by atoms with van der Waals surface area (Å²) in [6.07, 6.45) is 6.60. The maximum Gasteiger partial charge on any atom is 0.300 e. The molecule has 0 N–H and O–H groups in total. The van der Waals surface area contributed by atoms with Crippen molar-refractivity contribution in [2.24, 2.45) is 0 Å².